The Morgan fingerprint density at radius 2 is 2.00 bits per heavy atom. The van der Waals surface area contributed by atoms with Gasteiger partial charge in [-0.2, -0.15) is 5.10 Å². The molecule has 0 saturated carbocycles. The molecule has 2 aliphatic heterocycles. The van der Waals surface area contributed by atoms with Crippen molar-refractivity contribution in [3.05, 3.63) is 58.1 Å². The van der Waals surface area contributed by atoms with Crippen molar-refractivity contribution in [1.29, 1.82) is 0 Å². The van der Waals surface area contributed by atoms with Crippen LogP contribution in [0.3, 0.4) is 0 Å². The number of aliphatic imine (C=N–C) groups is 1. The molecule has 2 atom stereocenters. The molecule has 2 N–H and O–H groups in total. The van der Waals surface area contributed by atoms with Crippen molar-refractivity contribution in [2.45, 2.75) is 44.1 Å². The Morgan fingerprint density at radius 1 is 1.12 bits per heavy atom. The smallest absolute Gasteiger partial charge is 0.272 e. The van der Waals surface area contributed by atoms with Crippen LogP contribution in [0.1, 0.15) is 47.4 Å². The van der Waals surface area contributed by atoms with E-state index in [1.165, 1.54) is 23.1 Å². The van der Waals surface area contributed by atoms with Crippen LogP contribution in [0.4, 0.5) is 5.82 Å². The van der Waals surface area contributed by atoms with Crippen LogP contribution in [-0.4, -0.2) is 35.0 Å². The van der Waals surface area contributed by atoms with Crippen LogP contribution in [-0.2, 0) is 12.8 Å². The number of aromatic amines is 1. The van der Waals surface area contributed by atoms with Crippen LogP contribution >= 0.6 is 0 Å². The molecular weight excluding hydrogens is 322 g/mol. The molecule has 1 saturated heterocycles. The summed E-state index contributed by atoms with van der Waals surface area (Å²) in [6.07, 6.45) is 7.51. The first-order valence-electron chi connectivity index (χ1n) is 9.66. The number of fused-ring (bicyclic) bond motifs is 2. The molecule has 26 heavy (non-hydrogen) atoms. The van der Waals surface area contributed by atoms with E-state index in [0.717, 1.165) is 55.9 Å². The summed E-state index contributed by atoms with van der Waals surface area (Å²) in [5.74, 6) is 1.31. The second-order valence-corrected chi connectivity index (χ2v) is 7.62. The monoisotopic (exact) mass is 345 g/mol. The van der Waals surface area contributed by atoms with E-state index in [0.29, 0.717) is 5.92 Å². The predicted molar refractivity (Wildman–Crippen MR) is 102 cm³/mol. The molecule has 1 aromatic carbocycles. The van der Waals surface area contributed by atoms with E-state index in [1.807, 2.05) is 6.20 Å². The Labute approximate surface area is 153 Å². The van der Waals surface area contributed by atoms with Gasteiger partial charge in [0.1, 0.15) is 5.71 Å². The SMILES string of the molecule is [C-]#[N+]C1C(C2CCNCC2)=Nc2[nH]ncc2C1c1cccc2c1CCC2. The third kappa shape index (κ3) is 2.40. The van der Waals surface area contributed by atoms with E-state index in [4.69, 9.17) is 11.6 Å². The third-order valence-electron chi connectivity index (χ3n) is 6.26. The van der Waals surface area contributed by atoms with Crippen molar-refractivity contribution in [3.63, 3.8) is 0 Å². The number of H-pyrrole nitrogens is 1. The molecule has 1 aliphatic carbocycles. The van der Waals surface area contributed by atoms with Crippen LogP contribution in [0.5, 0.6) is 0 Å². The van der Waals surface area contributed by atoms with Crippen molar-refractivity contribution in [2.75, 3.05) is 13.1 Å². The number of nitrogens with zero attached hydrogens (tertiary/aromatic N) is 3. The first-order valence-corrected chi connectivity index (χ1v) is 9.66. The lowest BCUT2D eigenvalue weighted by atomic mass is 9.75. The molecule has 132 valence electrons. The second-order valence-electron chi connectivity index (χ2n) is 7.62. The summed E-state index contributed by atoms with van der Waals surface area (Å²) in [6, 6.07) is 6.43. The van der Waals surface area contributed by atoms with Crippen molar-refractivity contribution < 1.29 is 0 Å². The van der Waals surface area contributed by atoms with Crippen molar-refractivity contribution in [2.24, 2.45) is 10.9 Å². The minimum absolute atomic E-state index is 0.0525. The highest BCUT2D eigenvalue weighted by atomic mass is 15.2. The summed E-state index contributed by atoms with van der Waals surface area (Å²) in [6.45, 7) is 10.0. The molecular formula is C21H23N5. The summed E-state index contributed by atoms with van der Waals surface area (Å²) in [5.41, 5.74) is 6.40. The van der Waals surface area contributed by atoms with Gasteiger partial charge in [-0.1, -0.05) is 18.2 Å². The number of aryl methyl sites for hydroxylation is 1. The minimum Gasteiger partial charge on any atom is -0.317 e. The zero-order valence-electron chi connectivity index (χ0n) is 14.8. The Kier molecular flexibility index (Phi) is 3.86. The predicted octanol–water partition coefficient (Wildman–Crippen LogP) is 3.40. The van der Waals surface area contributed by atoms with E-state index >= 15 is 0 Å². The Morgan fingerprint density at radius 3 is 2.85 bits per heavy atom. The fourth-order valence-corrected chi connectivity index (χ4v) is 5.01. The molecule has 0 radical (unpaired) electrons. The molecule has 2 unspecified atom stereocenters. The summed E-state index contributed by atoms with van der Waals surface area (Å²) >= 11 is 0. The van der Waals surface area contributed by atoms with E-state index in [9.17, 15) is 0 Å². The van der Waals surface area contributed by atoms with Gasteiger partial charge < -0.3 is 10.2 Å². The Hall–Kier alpha value is -2.45. The van der Waals surface area contributed by atoms with Gasteiger partial charge in [0.05, 0.1) is 12.1 Å². The number of piperidine rings is 1. The van der Waals surface area contributed by atoms with Crippen LogP contribution in [0.25, 0.3) is 4.85 Å². The molecule has 0 spiro atoms. The second kappa shape index (κ2) is 6.37. The molecule has 1 aromatic heterocycles. The quantitative estimate of drug-likeness (QED) is 0.820. The topological polar surface area (TPSA) is 57.4 Å². The molecule has 5 heteroatoms. The number of aromatic nitrogens is 2. The fourth-order valence-electron chi connectivity index (χ4n) is 5.01. The van der Waals surface area contributed by atoms with Gasteiger partial charge in [0, 0.05) is 11.5 Å². The van der Waals surface area contributed by atoms with Crippen LogP contribution in [0, 0.1) is 12.5 Å². The van der Waals surface area contributed by atoms with Crippen molar-refractivity contribution in [1.82, 2.24) is 15.5 Å². The normalized spacial score (nSPS) is 25.3. The van der Waals surface area contributed by atoms with Crippen molar-refractivity contribution in [3.8, 4) is 0 Å². The molecule has 1 fully saturated rings. The highest BCUT2D eigenvalue weighted by Crippen LogP contribution is 2.44. The first kappa shape index (κ1) is 15.8. The van der Waals surface area contributed by atoms with E-state index in [-0.39, 0.29) is 12.0 Å². The minimum atomic E-state index is -0.213. The summed E-state index contributed by atoms with van der Waals surface area (Å²) in [7, 11) is 0. The highest BCUT2D eigenvalue weighted by molar-refractivity contribution is 5.98. The van der Waals surface area contributed by atoms with Gasteiger partial charge in [0.25, 0.3) is 6.04 Å². The average molecular weight is 345 g/mol. The maximum atomic E-state index is 8.02. The molecule has 5 rings (SSSR count). The fraction of sp³-hybridized carbons (Fsp3) is 0.476. The lowest BCUT2D eigenvalue weighted by molar-refractivity contribution is 0.448. The Bertz CT molecular complexity index is 897. The molecule has 0 bridgehead atoms. The average Bonchev–Trinajstić information content (AvgIpc) is 3.36. The maximum Gasteiger partial charge on any atom is 0.272 e. The Balaban J connectivity index is 1.65. The van der Waals surface area contributed by atoms with E-state index in [2.05, 4.69) is 38.6 Å². The molecule has 3 heterocycles. The molecule has 2 aromatic rings. The third-order valence-corrected chi connectivity index (χ3v) is 6.26. The molecule has 5 nitrogen and oxygen atoms in total. The van der Waals surface area contributed by atoms with E-state index in [1.54, 1.807) is 0 Å². The molecule has 0 amide bonds. The first-order chi connectivity index (χ1) is 12.9. The van der Waals surface area contributed by atoms with Crippen LogP contribution < -0.4 is 5.32 Å². The number of rotatable bonds is 2. The summed E-state index contributed by atoms with van der Waals surface area (Å²) < 4.78 is 0. The maximum absolute atomic E-state index is 8.02. The zero-order chi connectivity index (χ0) is 17.5. The van der Waals surface area contributed by atoms with Gasteiger partial charge in [0.2, 0.25) is 0 Å². The van der Waals surface area contributed by atoms with Gasteiger partial charge in [-0.3, -0.25) is 5.10 Å². The van der Waals surface area contributed by atoms with Gasteiger partial charge >= 0.3 is 0 Å². The lowest BCUT2D eigenvalue weighted by Gasteiger charge is -2.31. The van der Waals surface area contributed by atoms with Gasteiger partial charge in [-0.25, -0.2) is 11.6 Å². The zero-order valence-corrected chi connectivity index (χ0v) is 14.8. The van der Waals surface area contributed by atoms with Gasteiger partial charge in [-0.05, 0) is 61.9 Å². The lowest BCUT2D eigenvalue weighted by Crippen LogP contribution is -2.39. The summed E-state index contributed by atoms with van der Waals surface area (Å²) in [5, 5.41) is 10.8. The number of hydrogen-bond acceptors (Lipinski definition) is 3. The van der Waals surface area contributed by atoms with Crippen LogP contribution in [0.15, 0.2) is 29.4 Å². The molecule has 3 aliphatic rings. The van der Waals surface area contributed by atoms with Crippen LogP contribution in [0.2, 0.25) is 0 Å². The van der Waals surface area contributed by atoms with Gasteiger partial charge in [-0.15, -0.1) is 0 Å². The number of hydrogen-bond donors (Lipinski definition) is 2. The number of nitrogens with one attached hydrogen (secondary N) is 2. The number of benzene rings is 1. The van der Waals surface area contributed by atoms with Crippen molar-refractivity contribution >= 4 is 11.5 Å². The highest BCUT2D eigenvalue weighted by Gasteiger charge is 2.44. The standard InChI is InChI=1S/C21H23N5/c1-22-20-18(16-7-3-5-13-4-2-6-15(13)16)17-12-24-26-21(17)25-19(20)14-8-10-23-11-9-14/h3,5,7,12,14,18,20,23H,2,4,6,8-11H2,(H,24,26). The summed E-state index contributed by atoms with van der Waals surface area (Å²) in [4.78, 5) is 9.03. The largest absolute Gasteiger partial charge is 0.317 e. The van der Waals surface area contributed by atoms with Gasteiger partial charge in [0.15, 0.2) is 5.82 Å². The van der Waals surface area contributed by atoms with E-state index < -0.39 is 0 Å².